The number of aliphatic hydroxyl groups excluding tert-OH is 1. The van der Waals surface area contributed by atoms with E-state index < -0.39 is 0 Å². The minimum atomic E-state index is -0.311. The van der Waals surface area contributed by atoms with Crippen LogP contribution in [0.4, 0.5) is 4.39 Å². The molecule has 29 heavy (non-hydrogen) atoms. The molecule has 0 fully saturated rings. The van der Waals surface area contributed by atoms with Crippen LogP contribution in [-0.2, 0) is 13.2 Å². The molecule has 0 saturated carbocycles. The van der Waals surface area contributed by atoms with E-state index in [4.69, 9.17) is 10.3 Å². The molecule has 0 radical (unpaired) electrons. The molecule has 0 aliphatic heterocycles. The Balaban J connectivity index is 1.88. The Morgan fingerprint density at radius 2 is 1.97 bits per heavy atom. The van der Waals surface area contributed by atoms with E-state index in [1.165, 1.54) is 6.07 Å². The van der Waals surface area contributed by atoms with Gasteiger partial charge < -0.3 is 20.3 Å². The molecule has 0 spiro atoms. The van der Waals surface area contributed by atoms with Gasteiger partial charge in [0, 0.05) is 31.1 Å². The van der Waals surface area contributed by atoms with E-state index in [0.717, 1.165) is 11.1 Å². The number of hydrogen-bond donors (Lipinski definition) is 2. The third kappa shape index (κ3) is 4.46. The van der Waals surface area contributed by atoms with E-state index in [1.807, 2.05) is 43.3 Å². The highest BCUT2D eigenvalue weighted by atomic mass is 19.1. The summed E-state index contributed by atoms with van der Waals surface area (Å²) in [4.78, 5) is 5.91. The van der Waals surface area contributed by atoms with Crippen molar-refractivity contribution < 1.29 is 14.0 Å². The van der Waals surface area contributed by atoms with Gasteiger partial charge in [-0.25, -0.2) is 9.38 Å². The number of aromatic nitrogens is 1. The van der Waals surface area contributed by atoms with Crippen LogP contribution in [0.3, 0.4) is 0 Å². The fraction of sp³-hybridized carbons (Fsp3) is 0.273. The van der Waals surface area contributed by atoms with Crippen LogP contribution in [0.1, 0.15) is 35.4 Å². The number of nitrogens with zero attached hydrogens (tertiary/aromatic N) is 3. The largest absolute Gasteiger partial charge is 0.391 e. The molecule has 6 nitrogen and oxygen atoms in total. The van der Waals surface area contributed by atoms with Gasteiger partial charge in [0.1, 0.15) is 17.3 Å². The standard InChI is InChI=1S/C22H25FN4O2/c1-14(16-9-10-17(19(23)11-16)15-7-5-4-6-8-15)21-18(13-28)20(26-29-21)12-25-22(24)27(2)3/h4-11,14,28H,12-13H2,1-3H3,(H2,24,25). The van der Waals surface area contributed by atoms with Crippen LogP contribution in [0.2, 0.25) is 0 Å². The van der Waals surface area contributed by atoms with Gasteiger partial charge >= 0.3 is 0 Å². The quantitative estimate of drug-likeness (QED) is 0.492. The number of guanidine groups is 1. The summed E-state index contributed by atoms with van der Waals surface area (Å²) < 4.78 is 20.2. The lowest BCUT2D eigenvalue weighted by Crippen LogP contribution is -2.30. The highest BCUT2D eigenvalue weighted by Crippen LogP contribution is 2.32. The smallest absolute Gasteiger partial charge is 0.191 e. The average molecular weight is 396 g/mol. The SMILES string of the molecule is CC(c1ccc(-c2ccccc2)c(F)c1)c1onc(CN=C(N)N(C)C)c1CO. The molecule has 0 aliphatic rings. The molecule has 152 valence electrons. The molecule has 1 atom stereocenters. The molecule has 0 bridgehead atoms. The molecule has 3 rings (SSSR count). The number of rotatable bonds is 6. The van der Waals surface area contributed by atoms with Crippen LogP contribution >= 0.6 is 0 Å². The van der Waals surface area contributed by atoms with Gasteiger partial charge in [-0.15, -0.1) is 0 Å². The Hall–Kier alpha value is -3.19. The third-order valence-corrected chi connectivity index (χ3v) is 4.88. The van der Waals surface area contributed by atoms with Crippen molar-refractivity contribution >= 4 is 5.96 Å². The zero-order valence-electron chi connectivity index (χ0n) is 16.8. The summed E-state index contributed by atoms with van der Waals surface area (Å²) in [6, 6.07) is 14.5. The van der Waals surface area contributed by atoms with E-state index >= 15 is 0 Å². The fourth-order valence-electron chi connectivity index (χ4n) is 3.09. The Kier molecular flexibility index (Phi) is 6.29. The number of aliphatic hydroxyl groups is 1. The lowest BCUT2D eigenvalue weighted by atomic mass is 9.93. The van der Waals surface area contributed by atoms with Crippen LogP contribution in [0.25, 0.3) is 11.1 Å². The predicted octanol–water partition coefficient (Wildman–Crippen LogP) is 3.50. The molecule has 1 unspecified atom stereocenters. The summed E-state index contributed by atoms with van der Waals surface area (Å²) in [5.74, 6) is 0.250. The van der Waals surface area contributed by atoms with Gasteiger partial charge in [0.25, 0.3) is 0 Å². The Morgan fingerprint density at radius 3 is 2.59 bits per heavy atom. The molecule has 1 aromatic heterocycles. The maximum Gasteiger partial charge on any atom is 0.191 e. The van der Waals surface area contributed by atoms with Crippen molar-refractivity contribution in [1.29, 1.82) is 0 Å². The summed E-state index contributed by atoms with van der Waals surface area (Å²) >= 11 is 0. The van der Waals surface area contributed by atoms with Crippen molar-refractivity contribution in [2.45, 2.75) is 26.0 Å². The van der Waals surface area contributed by atoms with Gasteiger partial charge in [0.2, 0.25) is 0 Å². The molecule has 1 heterocycles. The zero-order chi connectivity index (χ0) is 21.0. The Bertz CT molecular complexity index is 999. The minimum absolute atomic E-state index is 0.192. The van der Waals surface area contributed by atoms with Crippen LogP contribution in [0.5, 0.6) is 0 Å². The van der Waals surface area contributed by atoms with E-state index in [0.29, 0.717) is 28.5 Å². The number of aliphatic imine (C=N–C) groups is 1. The Morgan fingerprint density at radius 1 is 1.24 bits per heavy atom. The van der Waals surface area contributed by atoms with Crippen LogP contribution in [0, 0.1) is 5.82 Å². The van der Waals surface area contributed by atoms with E-state index in [1.54, 1.807) is 25.1 Å². The van der Waals surface area contributed by atoms with Crippen molar-refractivity contribution in [3.05, 3.63) is 76.9 Å². The second-order valence-electron chi connectivity index (χ2n) is 7.03. The minimum Gasteiger partial charge on any atom is -0.391 e. The predicted molar refractivity (Wildman–Crippen MR) is 111 cm³/mol. The first-order valence-electron chi connectivity index (χ1n) is 9.32. The fourth-order valence-corrected chi connectivity index (χ4v) is 3.09. The number of benzene rings is 2. The molecule has 3 aromatic rings. The second kappa shape index (κ2) is 8.87. The van der Waals surface area contributed by atoms with E-state index in [9.17, 15) is 9.50 Å². The lowest BCUT2D eigenvalue weighted by Gasteiger charge is -2.12. The first-order valence-corrected chi connectivity index (χ1v) is 9.32. The zero-order valence-corrected chi connectivity index (χ0v) is 16.8. The van der Waals surface area contributed by atoms with Gasteiger partial charge in [-0.1, -0.05) is 54.5 Å². The monoisotopic (exact) mass is 396 g/mol. The third-order valence-electron chi connectivity index (χ3n) is 4.88. The molecule has 0 aliphatic carbocycles. The maximum absolute atomic E-state index is 14.8. The highest BCUT2D eigenvalue weighted by Gasteiger charge is 2.22. The molecule has 7 heteroatoms. The first kappa shape index (κ1) is 20.5. The maximum atomic E-state index is 14.8. The molecule has 0 saturated heterocycles. The summed E-state index contributed by atoms with van der Waals surface area (Å²) in [6.07, 6.45) is 0. The lowest BCUT2D eigenvalue weighted by molar-refractivity contribution is 0.275. The van der Waals surface area contributed by atoms with Gasteiger partial charge in [-0.05, 0) is 17.2 Å². The summed E-state index contributed by atoms with van der Waals surface area (Å²) in [5, 5.41) is 13.9. The van der Waals surface area contributed by atoms with Gasteiger partial charge in [0.15, 0.2) is 5.96 Å². The number of halogens is 1. The van der Waals surface area contributed by atoms with Gasteiger partial charge in [0.05, 0.1) is 13.2 Å². The van der Waals surface area contributed by atoms with E-state index in [2.05, 4.69) is 10.1 Å². The van der Waals surface area contributed by atoms with E-state index in [-0.39, 0.29) is 24.9 Å². The van der Waals surface area contributed by atoms with Gasteiger partial charge in [-0.2, -0.15) is 0 Å². The van der Waals surface area contributed by atoms with Gasteiger partial charge in [-0.3, -0.25) is 0 Å². The molecule has 0 amide bonds. The van der Waals surface area contributed by atoms with Crippen LogP contribution < -0.4 is 5.73 Å². The summed E-state index contributed by atoms with van der Waals surface area (Å²) in [6.45, 7) is 1.83. The first-order chi connectivity index (χ1) is 13.9. The van der Waals surface area contributed by atoms with Crippen molar-refractivity contribution in [3.8, 4) is 11.1 Å². The topological polar surface area (TPSA) is 87.9 Å². The van der Waals surface area contributed by atoms with Crippen molar-refractivity contribution in [3.63, 3.8) is 0 Å². The average Bonchev–Trinajstić information content (AvgIpc) is 3.14. The van der Waals surface area contributed by atoms with Crippen LogP contribution in [0.15, 0.2) is 58.0 Å². The number of hydrogen-bond acceptors (Lipinski definition) is 4. The Labute approximate surface area is 169 Å². The summed E-state index contributed by atoms with van der Waals surface area (Å²) in [5.41, 5.74) is 8.96. The van der Waals surface area contributed by atoms with Crippen molar-refractivity contribution in [1.82, 2.24) is 10.1 Å². The number of nitrogens with two attached hydrogens (primary N) is 1. The molecule has 2 aromatic carbocycles. The highest BCUT2D eigenvalue weighted by molar-refractivity contribution is 5.77. The summed E-state index contributed by atoms with van der Waals surface area (Å²) in [7, 11) is 3.57. The normalized spacial score (nSPS) is 12.8. The van der Waals surface area contributed by atoms with Crippen molar-refractivity contribution in [2.24, 2.45) is 10.7 Å². The molecular weight excluding hydrogens is 371 g/mol. The second-order valence-corrected chi connectivity index (χ2v) is 7.03. The van der Waals surface area contributed by atoms with Crippen LogP contribution in [-0.4, -0.2) is 35.2 Å². The van der Waals surface area contributed by atoms with Crippen molar-refractivity contribution in [2.75, 3.05) is 14.1 Å². The molecular formula is C22H25FN4O2. The molecule has 3 N–H and O–H groups in total.